The molecule has 5 nitrogen and oxygen atoms in total. The number of aliphatic imine (C=N–C) groups is 1. The van der Waals surface area contributed by atoms with Gasteiger partial charge in [-0.2, -0.15) is 0 Å². The van der Waals surface area contributed by atoms with Crippen LogP contribution in [0.2, 0.25) is 0 Å². The molecule has 0 N–H and O–H groups in total. The smallest absolute Gasteiger partial charge is 0.337 e. The molecule has 0 aromatic heterocycles. The van der Waals surface area contributed by atoms with Gasteiger partial charge in [0.1, 0.15) is 11.4 Å². The van der Waals surface area contributed by atoms with E-state index in [1.165, 1.54) is 13.5 Å². The topological polar surface area (TPSA) is 59.0 Å². The Morgan fingerprint density at radius 3 is 2.36 bits per heavy atom. The van der Waals surface area contributed by atoms with Crippen molar-refractivity contribution in [1.82, 2.24) is 4.90 Å². The number of hydrogen-bond donors (Lipinski definition) is 0. The molecule has 0 saturated heterocycles. The number of halogens is 1. The average Bonchev–Trinajstić information content (AvgIpc) is 3.11. The minimum atomic E-state index is -0.489. The zero-order chi connectivity index (χ0) is 23.4. The van der Waals surface area contributed by atoms with Crippen LogP contribution in [0.4, 0.5) is 0 Å². The van der Waals surface area contributed by atoms with Crippen molar-refractivity contribution in [2.45, 2.75) is 70.0 Å². The molecule has 1 fully saturated rings. The first-order chi connectivity index (χ1) is 16.0. The zero-order valence-electron chi connectivity index (χ0n) is 19.4. The largest absolute Gasteiger partial charge is 0.465 e. The highest BCUT2D eigenvalue weighted by molar-refractivity contribution is 9.10. The Bertz CT molecular complexity index is 1020. The number of rotatable bonds is 7. The van der Waals surface area contributed by atoms with Crippen molar-refractivity contribution >= 4 is 33.5 Å². The standard InChI is InChI=1S/C27H31BrN2O3/c1-3-4-8-23(19-9-11-21(12-10-19)26(32)33-2)30-25(31)24(20-13-15-22(28)16-14-20)29-27(30)17-6-5-7-18-27/h9-16,23H,3-8,17-18H2,1-2H3/t23-/m1/s1. The lowest BCUT2D eigenvalue weighted by Gasteiger charge is -2.44. The molecule has 0 radical (unpaired) electrons. The molecular weight excluding hydrogens is 480 g/mol. The molecule has 6 heteroatoms. The number of nitrogens with zero attached hydrogens (tertiary/aromatic N) is 2. The van der Waals surface area contributed by atoms with Crippen LogP contribution in [0.5, 0.6) is 0 Å². The van der Waals surface area contributed by atoms with E-state index in [4.69, 9.17) is 9.73 Å². The molecule has 2 aromatic rings. The summed E-state index contributed by atoms with van der Waals surface area (Å²) in [5.74, 6) is -0.342. The molecule has 33 heavy (non-hydrogen) atoms. The van der Waals surface area contributed by atoms with Gasteiger partial charge < -0.3 is 9.64 Å². The Labute approximate surface area is 204 Å². The Balaban J connectivity index is 1.75. The lowest BCUT2D eigenvalue weighted by atomic mass is 9.86. The molecule has 1 atom stereocenters. The highest BCUT2D eigenvalue weighted by Crippen LogP contribution is 2.45. The monoisotopic (exact) mass is 510 g/mol. The van der Waals surface area contributed by atoms with Crippen molar-refractivity contribution in [2.24, 2.45) is 4.99 Å². The van der Waals surface area contributed by atoms with Gasteiger partial charge in [0.2, 0.25) is 0 Å². The van der Waals surface area contributed by atoms with Crippen LogP contribution in [0.25, 0.3) is 0 Å². The summed E-state index contributed by atoms with van der Waals surface area (Å²) in [5, 5.41) is 0. The van der Waals surface area contributed by atoms with Crippen molar-refractivity contribution in [2.75, 3.05) is 7.11 Å². The molecule has 0 unspecified atom stereocenters. The van der Waals surface area contributed by atoms with Gasteiger partial charge in [0, 0.05) is 10.0 Å². The minimum absolute atomic E-state index is 0.0115. The Hall–Kier alpha value is -2.47. The highest BCUT2D eigenvalue weighted by atomic mass is 79.9. The SMILES string of the molecule is CCCC[C@H](c1ccc(C(=O)OC)cc1)N1C(=O)C(c2ccc(Br)cc2)=NC12CCCCC2. The molecule has 0 bridgehead atoms. The van der Waals surface area contributed by atoms with Crippen molar-refractivity contribution in [1.29, 1.82) is 0 Å². The minimum Gasteiger partial charge on any atom is -0.465 e. The molecule has 2 aliphatic rings. The summed E-state index contributed by atoms with van der Waals surface area (Å²) in [4.78, 5) is 33.1. The third-order valence-corrected chi connectivity index (χ3v) is 7.35. The number of benzene rings is 2. The molecule has 1 amide bonds. The van der Waals surface area contributed by atoms with Gasteiger partial charge in [-0.25, -0.2) is 4.79 Å². The number of methoxy groups -OCH3 is 1. The maximum atomic E-state index is 14.0. The lowest BCUT2D eigenvalue weighted by Crippen LogP contribution is -2.50. The summed E-state index contributed by atoms with van der Waals surface area (Å²) >= 11 is 3.49. The second kappa shape index (κ2) is 10.2. The van der Waals surface area contributed by atoms with Gasteiger partial charge >= 0.3 is 5.97 Å². The fraction of sp³-hybridized carbons (Fsp3) is 0.444. The van der Waals surface area contributed by atoms with Crippen LogP contribution in [-0.4, -0.2) is 35.3 Å². The molecule has 1 aliphatic heterocycles. The summed E-state index contributed by atoms with van der Waals surface area (Å²) in [7, 11) is 1.39. The number of amides is 1. The molecular formula is C27H31BrN2O3. The van der Waals surface area contributed by atoms with Gasteiger partial charge in [-0.3, -0.25) is 9.79 Å². The first-order valence-electron chi connectivity index (χ1n) is 11.9. The lowest BCUT2D eigenvalue weighted by molar-refractivity contribution is -0.132. The van der Waals surface area contributed by atoms with Gasteiger partial charge in [-0.15, -0.1) is 0 Å². The van der Waals surface area contributed by atoms with Crippen molar-refractivity contribution < 1.29 is 14.3 Å². The van der Waals surface area contributed by atoms with Crippen LogP contribution >= 0.6 is 15.9 Å². The van der Waals surface area contributed by atoms with E-state index in [1.807, 2.05) is 36.4 Å². The van der Waals surface area contributed by atoms with Crippen LogP contribution in [0, 0.1) is 0 Å². The highest BCUT2D eigenvalue weighted by Gasteiger charge is 2.50. The van der Waals surface area contributed by atoms with E-state index >= 15 is 0 Å². The van der Waals surface area contributed by atoms with Crippen molar-refractivity contribution in [3.63, 3.8) is 0 Å². The van der Waals surface area contributed by atoms with Crippen LogP contribution in [0.15, 0.2) is 58.0 Å². The number of unbranched alkanes of at least 4 members (excludes halogenated alkanes) is 1. The van der Waals surface area contributed by atoms with E-state index in [0.29, 0.717) is 11.3 Å². The van der Waals surface area contributed by atoms with Gasteiger partial charge in [0.05, 0.1) is 18.7 Å². The third kappa shape index (κ3) is 4.77. The first kappa shape index (κ1) is 23.7. The third-order valence-electron chi connectivity index (χ3n) is 6.82. The van der Waals surface area contributed by atoms with Crippen LogP contribution in [0.1, 0.15) is 85.8 Å². The number of ether oxygens (including phenoxy) is 1. The van der Waals surface area contributed by atoms with Crippen molar-refractivity contribution in [3.05, 3.63) is 69.7 Å². The second-order valence-electron chi connectivity index (χ2n) is 8.96. The zero-order valence-corrected chi connectivity index (χ0v) is 20.9. The summed E-state index contributed by atoms with van der Waals surface area (Å²) < 4.78 is 5.83. The van der Waals surface area contributed by atoms with E-state index in [0.717, 1.165) is 60.5 Å². The maximum Gasteiger partial charge on any atom is 0.337 e. The number of esters is 1. The van der Waals surface area contributed by atoms with E-state index < -0.39 is 5.66 Å². The Kier molecular flexibility index (Phi) is 7.32. The second-order valence-corrected chi connectivity index (χ2v) is 9.87. The Morgan fingerprint density at radius 2 is 1.76 bits per heavy atom. The van der Waals surface area contributed by atoms with Gasteiger partial charge in [-0.05, 0) is 61.9 Å². The first-order valence-corrected chi connectivity index (χ1v) is 12.7. The number of carbonyl (C=O) groups is 2. The molecule has 1 aliphatic carbocycles. The summed E-state index contributed by atoms with van der Waals surface area (Å²) in [6.45, 7) is 2.17. The van der Waals surface area contributed by atoms with Crippen LogP contribution in [0.3, 0.4) is 0 Å². The maximum absolute atomic E-state index is 14.0. The molecule has 1 saturated carbocycles. The number of hydrogen-bond acceptors (Lipinski definition) is 4. The molecule has 2 aromatic carbocycles. The van der Waals surface area contributed by atoms with Crippen LogP contribution < -0.4 is 0 Å². The normalized spacial score (nSPS) is 18.3. The fourth-order valence-corrected chi connectivity index (χ4v) is 5.38. The summed E-state index contributed by atoms with van der Waals surface area (Å²) in [6.07, 6.45) is 8.03. The molecule has 174 valence electrons. The predicted octanol–water partition coefficient (Wildman–Crippen LogP) is 6.46. The van der Waals surface area contributed by atoms with Gasteiger partial charge in [-0.1, -0.05) is 66.4 Å². The average molecular weight is 511 g/mol. The van der Waals surface area contributed by atoms with Gasteiger partial charge in [0.15, 0.2) is 0 Å². The van der Waals surface area contributed by atoms with E-state index in [2.05, 4.69) is 27.8 Å². The Morgan fingerprint density at radius 1 is 1.09 bits per heavy atom. The van der Waals surface area contributed by atoms with Crippen LogP contribution in [-0.2, 0) is 9.53 Å². The van der Waals surface area contributed by atoms with Gasteiger partial charge in [0.25, 0.3) is 5.91 Å². The van der Waals surface area contributed by atoms with E-state index in [1.54, 1.807) is 12.1 Å². The summed E-state index contributed by atoms with van der Waals surface area (Å²) in [6, 6.07) is 15.3. The molecule has 1 heterocycles. The summed E-state index contributed by atoms with van der Waals surface area (Å²) in [5.41, 5.74) is 2.50. The number of carbonyl (C=O) groups excluding carboxylic acids is 2. The van der Waals surface area contributed by atoms with Crippen molar-refractivity contribution in [3.8, 4) is 0 Å². The molecule has 4 rings (SSSR count). The quantitative estimate of drug-likeness (QED) is 0.401. The predicted molar refractivity (Wildman–Crippen MR) is 133 cm³/mol. The molecule has 1 spiro atoms. The fourth-order valence-electron chi connectivity index (χ4n) is 5.11. The van der Waals surface area contributed by atoms with E-state index in [-0.39, 0.29) is 17.9 Å². The van der Waals surface area contributed by atoms with E-state index in [9.17, 15) is 9.59 Å².